The third-order valence-electron chi connectivity index (χ3n) is 1.68. The first-order valence-electron chi connectivity index (χ1n) is 3.91. The zero-order valence-corrected chi connectivity index (χ0v) is 9.94. The van der Waals surface area contributed by atoms with Crippen molar-refractivity contribution in [1.82, 2.24) is 4.98 Å². The average molecular weight is 353 g/mol. The summed E-state index contributed by atoms with van der Waals surface area (Å²) in [5, 5.41) is 0. The van der Waals surface area contributed by atoms with Crippen molar-refractivity contribution in [2.75, 3.05) is 0 Å². The van der Waals surface area contributed by atoms with Gasteiger partial charge in [-0.2, -0.15) is 0 Å². The fraction of sp³-hybridized carbons (Fsp3) is 0.375. The Morgan fingerprint density at radius 1 is 1.38 bits per heavy atom. The molecule has 1 aromatic heterocycles. The van der Waals surface area contributed by atoms with Crippen LogP contribution in [-0.4, -0.2) is 11.3 Å². The third-order valence-corrected chi connectivity index (χ3v) is 3.04. The second-order valence-electron chi connectivity index (χ2n) is 2.80. The summed E-state index contributed by atoms with van der Waals surface area (Å²) in [7, 11) is 0. The lowest BCUT2D eigenvalue weighted by atomic mass is 10.2. The maximum atomic E-state index is 12.3. The lowest BCUT2D eigenvalue weighted by Crippen LogP contribution is -2.18. The highest BCUT2D eigenvalue weighted by molar-refractivity contribution is 14.1. The number of hydrogen-bond acceptors (Lipinski definition) is 2. The molecule has 0 amide bonds. The molecule has 0 saturated carbocycles. The molecule has 16 heavy (non-hydrogen) atoms. The highest BCUT2D eigenvalue weighted by Crippen LogP contribution is 2.32. The van der Waals surface area contributed by atoms with Gasteiger partial charge in [0.1, 0.15) is 5.69 Å². The van der Waals surface area contributed by atoms with Crippen molar-refractivity contribution in [3.63, 3.8) is 0 Å². The topological polar surface area (TPSA) is 22.1 Å². The van der Waals surface area contributed by atoms with Gasteiger partial charge in [-0.05, 0) is 29.5 Å². The van der Waals surface area contributed by atoms with Gasteiger partial charge in [-0.3, -0.25) is 4.98 Å². The van der Waals surface area contributed by atoms with E-state index in [1.165, 1.54) is 29.5 Å². The Balaban J connectivity index is 3.12. The van der Waals surface area contributed by atoms with Crippen LogP contribution >= 0.6 is 22.6 Å². The minimum absolute atomic E-state index is 0.0109. The lowest BCUT2D eigenvalue weighted by Gasteiger charge is -2.13. The normalized spacial score (nSPS) is 12.0. The minimum Gasteiger partial charge on any atom is -0.404 e. The van der Waals surface area contributed by atoms with E-state index in [1.807, 2.05) is 0 Å². The molecule has 2 nitrogen and oxygen atoms in total. The van der Waals surface area contributed by atoms with E-state index < -0.39 is 24.2 Å². The van der Waals surface area contributed by atoms with E-state index in [1.54, 1.807) is 0 Å². The van der Waals surface area contributed by atoms with Gasteiger partial charge in [0.15, 0.2) is 5.75 Å². The van der Waals surface area contributed by atoms with Crippen molar-refractivity contribution in [3.05, 3.63) is 21.0 Å². The highest BCUT2D eigenvalue weighted by Gasteiger charge is 2.32. The number of alkyl halides is 5. The highest BCUT2D eigenvalue weighted by atomic mass is 127. The summed E-state index contributed by atoms with van der Waals surface area (Å²) in [6, 6.07) is 0. The molecular formula is C8H5F5INO. The first kappa shape index (κ1) is 13.4. The summed E-state index contributed by atoms with van der Waals surface area (Å²) in [5.41, 5.74) is -0.559. The van der Waals surface area contributed by atoms with Crippen molar-refractivity contribution in [2.45, 2.75) is 19.7 Å². The molecule has 1 aromatic rings. The molecule has 0 N–H and O–H groups in total. The number of ether oxygens (including phenoxy) is 1. The van der Waals surface area contributed by atoms with Gasteiger partial charge in [0.05, 0.1) is 6.20 Å². The zero-order valence-electron chi connectivity index (χ0n) is 7.78. The van der Waals surface area contributed by atoms with E-state index in [0.717, 1.165) is 0 Å². The Morgan fingerprint density at radius 3 is 2.38 bits per heavy atom. The van der Waals surface area contributed by atoms with Crippen molar-refractivity contribution >= 4 is 22.6 Å². The number of rotatable bonds is 2. The van der Waals surface area contributed by atoms with Crippen LogP contribution in [0.3, 0.4) is 0 Å². The van der Waals surface area contributed by atoms with Crippen LogP contribution in [0.5, 0.6) is 5.75 Å². The summed E-state index contributed by atoms with van der Waals surface area (Å²) in [6.07, 6.45) is -7.04. The fourth-order valence-electron chi connectivity index (χ4n) is 0.962. The van der Waals surface area contributed by atoms with Crippen molar-refractivity contribution in [1.29, 1.82) is 0 Å². The number of aromatic nitrogens is 1. The molecule has 0 aliphatic rings. The maximum absolute atomic E-state index is 12.3. The molecule has 0 aromatic carbocycles. The van der Waals surface area contributed by atoms with E-state index in [4.69, 9.17) is 0 Å². The molecule has 1 heterocycles. The Labute approximate surface area is 101 Å². The molecule has 0 aliphatic heterocycles. The summed E-state index contributed by atoms with van der Waals surface area (Å²) in [5.74, 6) is -0.568. The molecule has 1 rings (SSSR count). The molecule has 0 bridgehead atoms. The first-order chi connectivity index (χ1) is 7.22. The third kappa shape index (κ3) is 3.16. The van der Waals surface area contributed by atoms with Gasteiger partial charge in [-0.1, -0.05) is 0 Å². The summed E-state index contributed by atoms with van der Waals surface area (Å²) < 4.78 is 64.0. The molecular weight excluding hydrogens is 348 g/mol. The zero-order chi connectivity index (χ0) is 12.5. The molecule has 8 heteroatoms. The number of nitrogens with zero attached hydrogens (tertiary/aromatic N) is 1. The average Bonchev–Trinajstić information content (AvgIpc) is 2.10. The van der Waals surface area contributed by atoms with Crippen LogP contribution in [0.4, 0.5) is 22.0 Å². The van der Waals surface area contributed by atoms with Gasteiger partial charge >= 0.3 is 6.36 Å². The Kier molecular flexibility index (Phi) is 3.92. The maximum Gasteiger partial charge on any atom is 0.573 e. The van der Waals surface area contributed by atoms with Crippen LogP contribution in [0.2, 0.25) is 0 Å². The molecule has 0 radical (unpaired) electrons. The van der Waals surface area contributed by atoms with Crippen molar-refractivity contribution < 1.29 is 26.7 Å². The van der Waals surface area contributed by atoms with Crippen LogP contribution in [0, 0.1) is 10.5 Å². The van der Waals surface area contributed by atoms with Gasteiger partial charge in [0.2, 0.25) is 0 Å². The van der Waals surface area contributed by atoms with Crippen molar-refractivity contribution in [3.8, 4) is 5.75 Å². The molecule has 0 atom stereocenters. The molecule has 0 spiro atoms. The summed E-state index contributed by atoms with van der Waals surface area (Å²) in [4.78, 5) is 3.24. The molecule has 90 valence electrons. The summed E-state index contributed by atoms with van der Waals surface area (Å²) >= 11 is 1.51. The lowest BCUT2D eigenvalue weighted by molar-refractivity contribution is -0.275. The second-order valence-corrected chi connectivity index (χ2v) is 3.87. The standard InChI is InChI=1S/C8H5F5INO/c1-3-4(16-8(11,12)13)2-15-6(5(3)14)7(9)10/h2,7H,1H3. The number of pyridine rings is 1. The Bertz CT molecular complexity index is 393. The number of hydrogen-bond donors (Lipinski definition) is 0. The molecule has 0 aliphatic carbocycles. The fourth-order valence-corrected chi connectivity index (χ4v) is 1.60. The van der Waals surface area contributed by atoms with E-state index in [-0.39, 0.29) is 9.13 Å². The van der Waals surface area contributed by atoms with Gasteiger partial charge in [-0.25, -0.2) is 8.78 Å². The Hall–Kier alpha value is -0.670. The van der Waals surface area contributed by atoms with Gasteiger partial charge < -0.3 is 4.74 Å². The molecule has 0 fully saturated rings. The number of halogens is 6. The van der Waals surface area contributed by atoms with Crippen LogP contribution < -0.4 is 4.74 Å². The minimum atomic E-state index is -4.86. The Morgan fingerprint density at radius 2 is 1.94 bits per heavy atom. The predicted molar refractivity (Wildman–Crippen MR) is 53.3 cm³/mol. The van der Waals surface area contributed by atoms with Gasteiger partial charge in [0.25, 0.3) is 6.43 Å². The van der Waals surface area contributed by atoms with E-state index in [2.05, 4.69) is 9.72 Å². The van der Waals surface area contributed by atoms with Gasteiger partial charge in [0, 0.05) is 9.13 Å². The van der Waals surface area contributed by atoms with E-state index in [0.29, 0.717) is 6.20 Å². The van der Waals surface area contributed by atoms with Crippen molar-refractivity contribution in [2.24, 2.45) is 0 Å². The van der Waals surface area contributed by atoms with E-state index in [9.17, 15) is 22.0 Å². The van der Waals surface area contributed by atoms with E-state index >= 15 is 0 Å². The predicted octanol–water partition coefficient (Wildman–Crippen LogP) is 3.83. The molecule has 0 saturated heterocycles. The van der Waals surface area contributed by atoms with Crippen LogP contribution in [0.15, 0.2) is 6.20 Å². The van der Waals surface area contributed by atoms with Crippen LogP contribution in [-0.2, 0) is 0 Å². The second kappa shape index (κ2) is 4.68. The largest absolute Gasteiger partial charge is 0.573 e. The van der Waals surface area contributed by atoms with Crippen LogP contribution in [0.25, 0.3) is 0 Å². The smallest absolute Gasteiger partial charge is 0.404 e. The molecule has 0 unspecified atom stereocenters. The quantitative estimate of drug-likeness (QED) is 0.596. The monoisotopic (exact) mass is 353 g/mol. The SMILES string of the molecule is Cc1c(OC(F)(F)F)cnc(C(F)F)c1I. The summed E-state index contributed by atoms with van der Waals surface area (Å²) in [6.45, 7) is 1.26. The first-order valence-corrected chi connectivity index (χ1v) is 4.99. The van der Waals surface area contributed by atoms with Gasteiger partial charge in [-0.15, -0.1) is 13.2 Å². The van der Waals surface area contributed by atoms with Crippen LogP contribution in [0.1, 0.15) is 17.7 Å².